The predicted molar refractivity (Wildman–Crippen MR) is 100 cm³/mol. The molecule has 4 rings (SSSR count). The fourth-order valence-electron chi connectivity index (χ4n) is 3.03. The van der Waals surface area contributed by atoms with E-state index in [2.05, 4.69) is 31.8 Å². The molecule has 0 fully saturated rings. The van der Waals surface area contributed by atoms with Crippen molar-refractivity contribution in [3.63, 3.8) is 0 Å². The highest BCUT2D eigenvalue weighted by atomic mass is 16.5. The number of pyridine rings is 1. The maximum absolute atomic E-state index is 5.83. The molecule has 0 saturated carbocycles. The molecule has 0 atom stereocenters. The number of ether oxygens (including phenoxy) is 1. The third-order valence-corrected chi connectivity index (χ3v) is 4.19. The highest BCUT2D eigenvalue weighted by Crippen LogP contribution is 2.32. The lowest BCUT2D eigenvalue weighted by molar-refractivity contribution is 0.379. The number of methoxy groups -OCH3 is 1. The van der Waals surface area contributed by atoms with Crippen LogP contribution in [0.3, 0.4) is 0 Å². The molecule has 0 amide bonds. The lowest BCUT2D eigenvalue weighted by Crippen LogP contribution is -2.22. The van der Waals surface area contributed by atoms with Gasteiger partial charge in [-0.15, -0.1) is 0 Å². The Balaban J connectivity index is 1.82. The first-order chi connectivity index (χ1) is 12.7. The minimum Gasteiger partial charge on any atom is -0.467 e. The summed E-state index contributed by atoms with van der Waals surface area (Å²) < 4.78 is 5.11. The molecule has 3 aromatic rings. The normalized spacial score (nSPS) is 13.1. The summed E-state index contributed by atoms with van der Waals surface area (Å²) in [7, 11) is 1.55. The Kier molecular flexibility index (Phi) is 4.08. The van der Waals surface area contributed by atoms with Gasteiger partial charge in [-0.2, -0.15) is 4.98 Å². The Morgan fingerprint density at radius 3 is 2.88 bits per heavy atom. The van der Waals surface area contributed by atoms with Crippen molar-refractivity contribution in [1.82, 2.24) is 24.9 Å². The van der Waals surface area contributed by atoms with Gasteiger partial charge in [-0.3, -0.25) is 0 Å². The number of aryl methyl sites for hydroxylation is 1. The van der Waals surface area contributed by atoms with Crippen molar-refractivity contribution in [3.8, 4) is 6.01 Å². The predicted octanol–water partition coefficient (Wildman–Crippen LogP) is 2.52. The van der Waals surface area contributed by atoms with E-state index in [9.17, 15) is 0 Å². The van der Waals surface area contributed by atoms with Crippen molar-refractivity contribution in [2.24, 2.45) is 0 Å². The summed E-state index contributed by atoms with van der Waals surface area (Å²) in [5.74, 6) is 1.07. The fraction of sp³-hybridized carbons (Fsp3) is 0.278. The molecule has 0 radical (unpaired) electrons. The van der Waals surface area contributed by atoms with E-state index in [0.29, 0.717) is 12.6 Å². The zero-order valence-electron chi connectivity index (χ0n) is 14.7. The van der Waals surface area contributed by atoms with Crippen molar-refractivity contribution < 1.29 is 4.74 Å². The van der Waals surface area contributed by atoms with Gasteiger partial charge in [0.2, 0.25) is 5.95 Å². The van der Waals surface area contributed by atoms with E-state index in [4.69, 9.17) is 15.5 Å². The van der Waals surface area contributed by atoms with Gasteiger partial charge >= 0.3 is 6.01 Å². The van der Waals surface area contributed by atoms with Gasteiger partial charge in [0.05, 0.1) is 35.9 Å². The molecule has 0 bridgehead atoms. The number of fused-ring (bicyclic) bond motifs is 2. The van der Waals surface area contributed by atoms with Crippen molar-refractivity contribution in [1.29, 1.82) is 0 Å². The van der Waals surface area contributed by atoms with Crippen molar-refractivity contribution in [2.45, 2.75) is 19.8 Å². The summed E-state index contributed by atoms with van der Waals surface area (Å²) in [6, 6.07) is 4.20. The number of hydrogen-bond donors (Lipinski definition) is 1. The van der Waals surface area contributed by atoms with E-state index in [1.165, 1.54) is 0 Å². The number of nitrogens with zero attached hydrogens (tertiary/aromatic N) is 6. The number of rotatable bonds is 4. The van der Waals surface area contributed by atoms with E-state index >= 15 is 0 Å². The zero-order valence-corrected chi connectivity index (χ0v) is 14.7. The van der Waals surface area contributed by atoms with Gasteiger partial charge in [0.25, 0.3) is 0 Å². The monoisotopic (exact) mass is 349 g/mol. The molecular weight excluding hydrogens is 330 g/mol. The number of anilines is 3. The second kappa shape index (κ2) is 6.55. The molecule has 8 heteroatoms. The van der Waals surface area contributed by atoms with Crippen LogP contribution in [0.1, 0.15) is 24.7 Å². The Bertz CT molecular complexity index is 1000. The molecule has 0 saturated heterocycles. The molecule has 0 aliphatic carbocycles. The topological polar surface area (TPSA) is 103 Å². The molecule has 1 aliphatic rings. The van der Waals surface area contributed by atoms with Gasteiger partial charge in [-0.25, -0.2) is 19.9 Å². The van der Waals surface area contributed by atoms with E-state index in [1.54, 1.807) is 13.3 Å². The third-order valence-electron chi connectivity index (χ3n) is 4.19. The molecule has 3 aromatic heterocycles. The maximum Gasteiger partial charge on any atom is 0.316 e. The molecule has 132 valence electrons. The van der Waals surface area contributed by atoms with E-state index in [0.717, 1.165) is 46.8 Å². The fourth-order valence-corrected chi connectivity index (χ4v) is 3.03. The first-order valence-electron chi connectivity index (χ1n) is 8.48. The smallest absolute Gasteiger partial charge is 0.316 e. The van der Waals surface area contributed by atoms with E-state index in [-0.39, 0.29) is 5.95 Å². The lowest BCUT2D eigenvalue weighted by atomic mass is 10.2. The van der Waals surface area contributed by atoms with Crippen LogP contribution >= 0.6 is 0 Å². The van der Waals surface area contributed by atoms with Crippen LogP contribution in [0, 0.1) is 0 Å². The van der Waals surface area contributed by atoms with Gasteiger partial charge in [0, 0.05) is 6.54 Å². The standard InChI is InChI=1S/C18H19N7O/c1-3-5-12-16-13(22-17(19)21-12)7-8-15(24-16)25-9-4-6-11-14(25)10-20-18(23-11)26-2/h4,6-8,10H,3,5,9H2,1-2H3,(H2,19,21,22). The Morgan fingerprint density at radius 1 is 1.19 bits per heavy atom. The summed E-state index contributed by atoms with van der Waals surface area (Å²) in [5, 5.41) is 0. The van der Waals surface area contributed by atoms with E-state index in [1.807, 2.05) is 24.3 Å². The summed E-state index contributed by atoms with van der Waals surface area (Å²) in [4.78, 5) is 24.2. The first-order valence-corrected chi connectivity index (χ1v) is 8.48. The van der Waals surface area contributed by atoms with Crippen molar-refractivity contribution >= 4 is 34.6 Å². The first kappa shape index (κ1) is 16.2. The number of nitrogens with two attached hydrogens (primary N) is 1. The van der Waals surface area contributed by atoms with Gasteiger partial charge in [-0.05, 0) is 24.6 Å². The van der Waals surface area contributed by atoms with Crippen LogP contribution in [0.15, 0.2) is 24.4 Å². The molecule has 0 aromatic carbocycles. The Morgan fingerprint density at radius 2 is 2.08 bits per heavy atom. The minimum atomic E-state index is 0.280. The second-order valence-corrected chi connectivity index (χ2v) is 5.96. The minimum absolute atomic E-state index is 0.280. The van der Waals surface area contributed by atoms with Crippen LogP contribution in [0.4, 0.5) is 17.5 Å². The van der Waals surface area contributed by atoms with E-state index < -0.39 is 0 Å². The van der Waals surface area contributed by atoms with Gasteiger partial charge < -0.3 is 15.4 Å². The van der Waals surface area contributed by atoms with Crippen molar-refractivity contribution in [2.75, 3.05) is 24.3 Å². The van der Waals surface area contributed by atoms with Crippen LogP contribution in [0.25, 0.3) is 17.1 Å². The van der Waals surface area contributed by atoms with Gasteiger partial charge in [0.15, 0.2) is 0 Å². The zero-order chi connectivity index (χ0) is 18.1. The third kappa shape index (κ3) is 2.79. The van der Waals surface area contributed by atoms with Crippen LogP contribution in [0.5, 0.6) is 6.01 Å². The number of nitrogen functional groups attached to an aromatic ring is 1. The molecular formula is C18H19N7O. The average Bonchev–Trinajstić information content (AvgIpc) is 2.67. The maximum atomic E-state index is 5.83. The van der Waals surface area contributed by atoms with Gasteiger partial charge in [-0.1, -0.05) is 19.4 Å². The summed E-state index contributed by atoms with van der Waals surface area (Å²) in [6.45, 7) is 2.78. The molecule has 0 unspecified atom stereocenters. The average molecular weight is 349 g/mol. The Labute approximate surface area is 150 Å². The Hall–Kier alpha value is -3.29. The SMILES string of the molecule is CCCc1nc(N)nc2ccc(N3CC=Cc4nc(OC)ncc43)nc12. The van der Waals surface area contributed by atoms with Crippen LogP contribution in [0.2, 0.25) is 0 Å². The van der Waals surface area contributed by atoms with Crippen LogP contribution < -0.4 is 15.4 Å². The molecule has 2 N–H and O–H groups in total. The quantitative estimate of drug-likeness (QED) is 0.766. The highest BCUT2D eigenvalue weighted by molar-refractivity contribution is 5.82. The summed E-state index contributed by atoms with van der Waals surface area (Å²) in [6.07, 6.45) is 7.51. The largest absolute Gasteiger partial charge is 0.467 e. The van der Waals surface area contributed by atoms with Gasteiger partial charge in [0.1, 0.15) is 11.3 Å². The number of hydrogen-bond acceptors (Lipinski definition) is 8. The lowest BCUT2D eigenvalue weighted by Gasteiger charge is -2.26. The summed E-state index contributed by atoms with van der Waals surface area (Å²) in [5.41, 5.74) is 9.92. The highest BCUT2D eigenvalue weighted by Gasteiger charge is 2.19. The summed E-state index contributed by atoms with van der Waals surface area (Å²) >= 11 is 0. The second-order valence-electron chi connectivity index (χ2n) is 5.96. The molecule has 4 heterocycles. The van der Waals surface area contributed by atoms with Crippen molar-refractivity contribution in [3.05, 3.63) is 35.8 Å². The number of aromatic nitrogens is 5. The molecule has 8 nitrogen and oxygen atoms in total. The van der Waals surface area contributed by atoms with Crippen LogP contribution in [-0.4, -0.2) is 38.6 Å². The molecule has 26 heavy (non-hydrogen) atoms. The molecule has 0 spiro atoms. The van der Waals surface area contributed by atoms with Crippen LogP contribution in [-0.2, 0) is 6.42 Å². The molecule has 1 aliphatic heterocycles.